The first-order valence-electron chi connectivity index (χ1n) is 8.45. The summed E-state index contributed by atoms with van der Waals surface area (Å²) in [6.07, 6.45) is 1.62. The summed E-state index contributed by atoms with van der Waals surface area (Å²) in [5.41, 5.74) is 3.28. The summed E-state index contributed by atoms with van der Waals surface area (Å²) in [6.45, 7) is 0.950. The fraction of sp³-hybridized carbons (Fsp3) is 0.333. The predicted octanol–water partition coefficient (Wildman–Crippen LogP) is 2.55. The Hall–Kier alpha value is -2.29. The molecule has 1 N–H and O–H groups in total. The number of benzene rings is 2. The molecule has 0 bridgehead atoms. The molecule has 1 aliphatic carbocycles. The minimum atomic E-state index is -3.86. The van der Waals surface area contributed by atoms with Crippen LogP contribution in [0.25, 0.3) is 0 Å². The molecular formula is C18H19N3O4S. The molecule has 0 amide bonds. The van der Waals surface area contributed by atoms with E-state index >= 15 is 0 Å². The Morgan fingerprint density at radius 3 is 2.77 bits per heavy atom. The van der Waals surface area contributed by atoms with Crippen LogP contribution in [0.2, 0.25) is 0 Å². The van der Waals surface area contributed by atoms with Crippen LogP contribution >= 0.6 is 0 Å². The molecule has 2 aliphatic rings. The van der Waals surface area contributed by atoms with Crippen LogP contribution in [-0.4, -0.2) is 31.8 Å². The zero-order chi connectivity index (χ0) is 18.5. The Balaban J connectivity index is 1.67. The van der Waals surface area contributed by atoms with E-state index in [4.69, 9.17) is 0 Å². The summed E-state index contributed by atoms with van der Waals surface area (Å²) in [5, 5.41) is 10.9. The second-order valence-electron chi connectivity index (χ2n) is 6.83. The lowest BCUT2D eigenvalue weighted by Crippen LogP contribution is -2.31. The van der Waals surface area contributed by atoms with Crippen molar-refractivity contribution in [2.45, 2.75) is 29.8 Å². The van der Waals surface area contributed by atoms with E-state index in [2.05, 4.69) is 22.7 Å². The van der Waals surface area contributed by atoms with Gasteiger partial charge >= 0.3 is 0 Å². The van der Waals surface area contributed by atoms with Gasteiger partial charge in [0.05, 0.1) is 9.82 Å². The van der Waals surface area contributed by atoms with Crippen LogP contribution in [0.1, 0.15) is 35.2 Å². The molecule has 0 aromatic heterocycles. The van der Waals surface area contributed by atoms with E-state index in [-0.39, 0.29) is 22.7 Å². The quantitative estimate of drug-likeness (QED) is 0.657. The van der Waals surface area contributed by atoms with Gasteiger partial charge in [0.25, 0.3) is 5.69 Å². The normalized spacial score (nSPS) is 22.2. The lowest BCUT2D eigenvalue weighted by Gasteiger charge is -2.31. The summed E-state index contributed by atoms with van der Waals surface area (Å²) >= 11 is 0. The zero-order valence-electron chi connectivity index (χ0n) is 14.3. The Morgan fingerprint density at radius 2 is 2.00 bits per heavy atom. The van der Waals surface area contributed by atoms with Gasteiger partial charge in [-0.25, -0.2) is 13.1 Å². The van der Waals surface area contributed by atoms with Gasteiger partial charge in [-0.2, -0.15) is 0 Å². The molecule has 2 unspecified atom stereocenters. The minimum Gasteiger partial charge on any atom is -0.299 e. The number of nitrogens with one attached hydrogen (secondary N) is 1. The molecule has 0 fully saturated rings. The molecule has 7 nitrogen and oxygen atoms in total. The molecule has 0 saturated heterocycles. The fourth-order valence-corrected chi connectivity index (χ4v) is 5.28. The number of hydrogen-bond donors (Lipinski definition) is 1. The Morgan fingerprint density at radius 1 is 1.23 bits per heavy atom. The van der Waals surface area contributed by atoms with Gasteiger partial charge in [-0.15, -0.1) is 0 Å². The number of hydrogen-bond acceptors (Lipinski definition) is 5. The van der Waals surface area contributed by atoms with Crippen molar-refractivity contribution in [2.75, 3.05) is 13.6 Å². The van der Waals surface area contributed by atoms with E-state index in [1.54, 1.807) is 0 Å². The van der Waals surface area contributed by atoms with Crippen LogP contribution in [0, 0.1) is 10.1 Å². The second-order valence-corrected chi connectivity index (χ2v) is 8.54. The first kappa shape index (κ1) is 17.1. The third-order valence-corrected chi connectivity index (χ3v) is 6.77. The highest BCUT2D eigenvalue weighted by Crippen LogP contribution is 2.46. The third kappa shape index (κ3) is 2.80. The van der Waals surface area contributed by atoms with Crippen LogP contribution in [0.4, 0.5) is 5.69 Å². The first-order chi connectivity index (χ1) is 12.4. The highest BCUT2D eigenvalue weighted by atomic mass is 32.2. The van der Waals surface area contributed by atoms with Gasteiger partial charge in [0.2, 0.25) is 10.0 Å². The van der Waals surface area contributed by atoms with Gasteiger partial charge in [-0.1, -0.05) is 24.3 Å². The van der Waals surface area contributed by atoms with E-state index < -0.39 is 14.9 Å². The average molecular weight is 373 g/mol. The zero-order valence-corrected chi connectivity index (χ0v) is 15.1. The monoisotopic (exact) mass is 373 g/mol. The lowest BCUT2D eigenvalue weighted by molar-refractivity contribution is -0.385. The fourth-order valence-electron chi connectivity index (χ4n) is 4.01. The minimum absolute atomic E-state index is 0.0870. The summed E-state index contributed by atoms with van der Waals surface area (Å²) in [5.74, 6) is 0. The van der Waals surface area contributed by atoms with E-state index in [1.165, 1.54) is 29.3 Å². The third-order valence-electron chi connectivity index (χ3n) is 5.30. The number of non-ortho nitro benzene ring substituents is 1. The molecule has 4 rings (SSSR count). The highest BCUT2D eigenvalue weighted by molar-refractivity contribution is 7.89. The largest absolute Gasteiger partial charge is 0.299 e. The molecule has 0 radical (unpaired) electrons. The number of rotatable bonds is 4. The first-order valence-corrected chi connectivity index (χ1v) is 9.94. The van der Waals surface area contributed by atoms with Gasteiger partial charge in [-0.05, 0) is 42.6 Å². The molecule has 2 atom stereocenters. The number of nitro groups is 1. The molecule has 2 aromatic rings. The summed E-state index contributed by atoms with van der Waals surface area (Å²) in [4.78, 5) is 12.5. The molecule has 26 heavy (non-hydrogen) atoms. The van der Waals surface area contributed by atoms with Crippen molar-refractivity contribution in [3.8, 4) is 0 Å². The van der Waals surface area contributed by atoms with E-state index in [0.29, 0.717) is 6.42 Å². The predicted molar refractivity (Wildman–Crippen MR) is 96.3 cm³/mol. The van der Waals surface area contributed by atoms with E-state index in [1.807, 2.05) is 12.1 Å². The summed E-state index contributed by atoms with van der Waals surface area (Å²) < 4.78 is 28.4. The van der Waals surface area contributed by atoms with E-state index in [0.717, 1.165) is 24.6 Å². The molecule has 1 heterocycles. The highest BCUT2D eigenvalue weighted by Gasteiger charge is 2.39. The van der Waals surface area contributed by atoms with Crippen LogP contribution in [0.5, 0.6) is 0 Å². The van der Waals surface area contributed by atoms with Crippen molar-refractivity contribution < 1.29 is 13.3 Å². The van der Waals surface area contributed by atoms with Crippen molar-refractivity contribution in [1.29, 1.82) is 0 Å². The summed E-state index contributed by atoms with van der Waals surface area (Å²) in [6, 6.07) is 11.1. The standard InChI is InChI=1S/C18H19N3O4S/c1-20-9-8-12-4-2-7-15-16(11-17(20)18(12)15)19-26(24,25)14-6-3-5-13(10-14)21(22)23/h2-7,10,16-17,19H,8-9,11H2,1H3. The van der Waals surface area contributed by atoms with Gasteiger partial charge in [0.15, 0.2) is 0 Å². The Bertz CT molecular complexity index is 990. The van der Waals surface area contributed by atoms with Crippen molar-refractivity contribution >= 4 is 15.7 Å². The lowest BCUT2D eigenvalue weighted by atomic mass is 9.94. The van der Waals surface area contributed by atoms with Crippen LogP contribution in [0.15, 0.2) is 47.4 Å². The van der Waals surface area contributed by atoms with Gasteiger partial charge in [0.1, 0.15) is 0 Å². The van der Waals surface area contributed by atoms with Crippen LogP contribution in [-0.2, 0) is 16.4 Å². The molecular weight excluding hydrogens is 354 g/mol. The van der Waals surface area contributed by atoms with E-state index in [9.17, 15) is 18.5 Å². The summed E-state index contributed by atoms with van der Waals surface area (Å²) in [7, 11) is -1.80. The molecule has 0 saturated carbocycles. The molecule has 1 aliphatic heterocycles. The molecule has 0 spiro atoms. The number of likely N-dealkylation sites (N-methyl/N-ethyl adjacent to an activating group) is 1. The molecule has 136 valence electrons. The second kappa shape index (κ2) is 6.15. The van der Waals surface area contributed by atoms with Crippen molar-refractivity contribution in [3.05, 3.63) is 69.3 Å². The van der Waals surface area contributed by atoms with Gasteiger partial charge < -0.3 is 0 Å². The van der Waals surface area contributed by atoms with Crippen LogP contribution in [0.3, 0.4) is 0 Å². The maximum atomic E-state index is 12.8. The molecule has 8 heteroatoms. The van der Waals surface area contributed by atoms with Crippen LogP contribution < -0.4 is 4.72 Å². The average Bonchev–Trinajstić information content (AvgIpc) is 2.98. The number of sulfonamides is 1. The Kier molecular flexibility index (Phi) is 4.06. The van der Waals surface area contributed by atoms with Crippen molar-refractivity contribution in [3.63, 3.8) is 0 Å². The van der Waals surface area contributed by atoms with Crippen molar-refractivity contribution in [1.82, 2.24) is 9.62 Å². The molecule has 2 aromatic carbocycles. The van der Waals surface area contributed by atoms with Crippen molar-refractivity contribution in [2.24, 2.45) is 0 Å². The number of nitro benzene ring substituents is 1. The Labute approximate surface area is 151 Å². The van der Waals surface area contributed by atoms with Gasteiger partial charge in [0, 0.05) is 30.8 Å². The maximum absolute atomic E-state index is 12.8. The smallest absolute Gasteiger partial charge is 0.270 e. The SMILES string of the molecule is CN1CCc2cccc3c2C1CC3NS(=O)(=O)c1cccc([N+](=O)[O-])c1. The van der Waals surface area contributed by atoms with Gasteiger partial charge in [-0.3, -0.25) is 15.0 Å². The topological polar surface area (TPSA) is 92.6 Å². The number of nitrogens with zero attached hydrogens (tertiary/aromatic N) is 2. The maximum Gasteiger partial charge on any atom is 0.270 e.